The SMILES string of the molecule is CCc1nsc(SCCC(=O)N(C)CCC#N)n1. The number of amides is 1. The molecule has 1 rings (SSSR count). The summed E-state index contributed by atoms with van der Waals surface area (Å²) in [6.07, 6.45) is 1.69. The van der Waals surface area contributed by atoms with Gasteiger partial charge in [-0.25, -0.2) is 4.98 Å². The lowest BCUT2D eigenvalue weighted by Crippen LogP contribution is -2.27. The second kappa shape index (κ2) is 8.06. The lowest BCUT2D eigenvalue weighted by molar-refractivity contribution is -0.129. The number of carbonyl (C=O) groups excluding carboxylic acids is 1. The van der Waals surface area contributed by atoms with Gasteiger partial charge in [0.1, 0.15) is 5.82 Å². The molecular weight excluding hydrogens is 268 g/mol. The summed E-state index contributed by atoms with van der Waals surface area (Å²) < 4.78 is 5.10. The highest BCUT2D eigenvalue weighted by Gasteiger charge is 2.09. The quantitative estimate of drug-likeness (QED) is 0.716. The van der Waals surface area contributed by atoms with Crippen molar-refractivity contribution in [2.45, 2.75) is 30.5 Å². The van der Waals surface area contributed by atoms with Crippen molar-refractivity contribution < 1.29 is 4.79 Å². The highest BCUT2D eigenvalue weighted by atomic mass is 32.2. The molecule has 0 fully saturated rings. The molecule has 0 bridgehead atoms. The molecule has 0 aromatic carbocycles. The predicted molar refractivity (Wildman–Crippen MR) is 72.5 cm³/mol. The molecule has 1 heterocycles. The van der Waals surface area contributed by atoms with E-state index in [1.54, 1.807) is 23.7 Å². The molecule has 0 aliphatic rings. The molecule has 0 spiro atoms. The van der Waals surface area contributed by atoms with Gasteiger partial charge in [0.2, 0.25) is 5.91 Å². The van der Waals surface area contributed by atoms with Crippen molar-refractivity contribution in [1.82, 2.24) is 14.3 Å². The van der Waals surface area contributed by atoms with E-state index < -0.39 is 0 Å². The van der Waals surface area contributed by atoms with E-state index in [-0.39, 0.29) is 5.91 Å². The van der Waals surface area contributed by atoms with E-state index in [1.807, 2.05) is 13.0 Å². The zero-order valence-electron chi connectivity index (χ0n) is 10.5. The third-order valence-electron chi connectivity index (χ3n) is 2.29. The molecule has 5 nitrogen and oxygen atoms in total. The van der Waals surface area contributed by atoms with Crippen LogP contribution in [-0.4, -0.2) is 39.5 Å². The first-order valence-corrected chi connectivity index (χ1v) is 7.49. The van der Waals surface area contributed by atoms with Crippen LogP contribution < -0.4 is 0 Å². The zero-order chi connectivity index (χ0) is 13.4. The minimum absolute atomic E-state index is 0.0676. The van der Waals surface area contributed by atoms with Gasteiger partial charge in [0.05, 0.1) is 12.5 Å². The van der Waals surface area contributed by atoms with E-state index in [0.717, 1.165) is 16.6 Å². The Balaban J connectivity index is 2.24. The van der Waals surface area contributed by atoms with Crippen LogP contribution in [0.25, 0.3) is 0 Å². The number of hydrogen-bond acceptors (Lipinski definition) is 6. The Bertz CT molecular complexity index is 427. The van der Waals surface area contributed by atoms with E-state index in [4.69, 9.17) is 5.26 Å². The first kappa shape index (κ1) is 14.9. The third-order valence-corrected chi connectivity index (χ3v) is 4.17. The predicted octanol–water partition coefficient (Wildman–Crippen LogP) is 1.95. The molecule has 1 aromatic rings. The van der Waals surface area contributed by atoms with Gasteiger partial charge in [-0.2, -0.15) is 9.64 Å². The highest BCUT2D eigenvalue weighted by molar-refractivity contribution is 8.00. The molecule has 7 heteroatoms. The Kier molecular flexibility index (Phi) is 6.68. The van der Waals surface area contributed by atoms with Crippen LogP contribution in [0.15, 0.2) is 4.34 Å². The van der Waals surface area contributed by atoms with Crippen LogP contribution in [0.4, 0.5) is 0 Å². The highest BCUT2D eigenvalue weighted by Crippen LogP contribution is 2.21. The van der Waals surface area contributed by atoms with Crippen molar-refractivity contribution in [2.75, 3.05) is 19.3 Å². The summed E-state index contributed by atoms with van der Waals surface area (Å²) >= 11 is 2.94. The molecule has 98 valence electrons. The van der Waals surface area contributed by atoms with Gasteiger partial charge in [0.15, 0.2) is 4.34 Å². The lowest BCUT2D eigenvalue weighted by atomic mass is 10.3. The summed E-state index contributed by atoms with van der Waals surface area (Å²) in [6, 6.07) is 2.03. The number of rotatable bonds is 7. The van der Waals surface area contributed by atoms with Gasteiger partial charge in [0.25, 0.3) is 0 Å². The number of carbonyl (C=O) groups is 1. The van der Waals surface area contributed by atoms with Gasteiger partial charge < -0.3 is 4.90 Å². The Labute approximate surface area is 115 Å². The first-order chi connectivity index (χ1) is 8.67. The van der Waals surface area contributed by atoms with E-state index in [1.165, 1.54) is 11.5 Å². The molecular formula is C11H16N4OS2. The van der Waals surface area contributed by atoms with E-state index in [2.05, 4.69) is 9.36 Å². The van der Waals surface area contributed by atoms with Gasteiger partial charge in [-0.3, -0.25) is 4.79 Å². The van der Waals surface area contributed by atoms with Crippen molar-refractivity contribution in [1.29, 1.82) is 5.26 Å². The van der Waals surface area contributed by atoms with Crippen molar-refractivity contribution >= 4 is 29.2 Å². The average Bonchev–Trinajstić information content (AvgIpc) is 2.83. The van der Waals surface area contributed by atoms with Crippen LogP contribution in [0.3, 0.4) is 0 Å². The summed E-state index contributed by atoms with van der Waals surface area (Å²) in [4.78, 5) is 17.6. The molecule has 0 aliphatic heterocycles. The largest absolute Gasteiger partial charge is 0.345 e. The number of aryl methyl sites for hydroxylation is 1. The second-order valence-corrected chi connectivity index (χ2v) is 5.75. The van der Waals surface area contributed by atoms with Gasteiger partial charge in [0, 0.05) is 32.2 Å². The fraction of sp³-hybridized carbons (Fsp3) is 0.636. The number of aromatic nitrogens is 2. The molecule has 18 heavy (non-hydrogen) atoms. The van der Waals surface area contributed by atoms with Gasteiger partial charge >= 0.3 is 0 Å². The van der Waals surface area contributed by atoms with Crippen LogP contribution in [0.5, 0.6) is 0 Å². The zero-order valence-corrected chi connectivity index (χ0v) is 12.2. The van der Waals surface area contributed by atoms with Crippen molar-refractivity contribution in [3.05, 3.63) is 5.82 Å². The number of nitriles is 1. The summed E-state index contributed by atoms with van der Waals surface area (Å²) in [5.74, 6) is 1.63. The Morgan fingerprint density at radius 3 is 3.00 bits per heavy atom. The van der Waals surface area contributed by atoms with Crippen LogP contribution in [0, 0.1) is 11.3 Å². The topological polar surface area (TPSA) is 69.9 Å². The Morgan fingerprint density at radius 1 is 1.61 bits per heavy atom. The maximum Gasteiger partial charge on any atom is 0.223 e. The molecule has 0 saturated heterocycles. The first-order valence-electron chi connectivity index (χ1n) is 5.73. The van der Waals surface area contributed by atoms with Gasteiger partial charge in [-0.05, 0) is 11.5 Å². The minimum atomic E-state index is 0.0676. The van der Waals surface area contributed by atoms with E-state index >= 15 is 0 Å². The monoisotopic (exact) mass is 284 g/mol. The minimum Gasteiger partial charge on any atom is -0.345 e. The number of nitrogens with zero attached hydrogens (tertiary/aromatic N) is 4. The molecule has 0 radical (unpaired) electrons. The molecule has 1 aromatic heterocycles. The molecule has 0 unspecified atom stereocenters. The van der Waals surface area contributed by atoms with Gasteiger partial charge in [-0.1, -0.05) is 18.7 Å². The van der Waals surface area contributed by atoms with Crippen molar-refractivity contribution in [3.63, 3.8) is 0 Å². The van der Waals surface area contributed by atoms with Crippen LogP contribution >= 0.6 is 23.3 Å². The van der Waals surface area contributed by atoms with Gasteiger partial charge in [-0.15, -0.1) is 0 Å². The van der Waals surface area contributed by atoms with E-state index in [9.17, 15) is 4.79 Å². The van der Waals surface area contributed by atoms with Crippen molar-refractivity contribution in [3.8, 4) is 6.07 Å². The molecule has 0 atom stereocenters. The van der Waals surface area contributed by atoms with Crippen LogP contribution in [-0.2, 0) is 11.2 Å². The average molecular weight is 284 g/mol. The summed E-state index contributed by atoms with van der Waals surface area (Å²) in [5, 5.41) is 8.44. The molecule has 1 amide bonds. The fourth-order valence-electron chi connectivity index (χ4n) is 1.20. The number of thioether (sulfide) groups is 1. The normalized spacial score (nSPS) is 10.1. The van der Waals surface area contributed by atoms with Crippen LogP contribution in [0.2, 0.25) is 0 Å². The third kappa shape index (κ3) is 5.02. The molecule has 0 N–H and O–H groups in total. The molecule has 0 saturated carbocycles. The number of hydrogen-bond donors (Lipinski definition) is 0. The summed E-state index contributed by atoms with van der Waals surface area (Å²) in [7, 11) is 1.73. The second-order valence-electron chi connectivity index (χ2n) is 3.65. The maximum atomic E-state index is 11.7. The smallest absolute Gasteiger partial charge is 0.223 e. The van der Waals surface area contributed by atoms with Crippen molar-refractivity contribution in [2.24, 2.45) is 0 Å². The van der Waals surface area contributed by atoms with E-state index in [0.29, 0.717) is 25.1 Å². The Morgan fingerprint density at radius 2 is 2.39 bits per heavy atom. The molecule has 0 aliphatic carbocycles. The summed E-state index contributed by atoms with van der Waals surface area (Å²) in [6.45, 7) is 2.52. The maximum absolute atomic E-state index is 11.7. The summed E-state index contributed by atoms with van der Waals surface area (Å²) in [5.41, 5.74) is 0. The Hall–Kier alpha value is -1.13. The lowest BCUT2D eigenvalue weighted by Gasteiger charge is -2.14. The van der Waals surface area contributed by atoms with Crippen LogP contribution in [0.1, 0.15) is 25.6 Å². The standard InChI is InChI=1S/C11H16N4OS2/c1-3-9-13-11(18-14-9)17-8-5-10(16)15(2)7-4-6-12/h3-5,7-8H2,1-2H3. The fourth-order valence-corrected chi connectivity index (χ4v) is 2.89.